The molecule has 9 heteroatoms. The molecule has 0 aromatic heterocycles. The van der Waals surface area contributed by atoms with E-state index in [0.29, 0.717) is 17.4 Å². The maximum absolute atomic E-state index is 12.9. The van der Waals surface area contributed by atoms with Gasteiger partial charge in [-0.15, -0.1) is 0 Å². The van der Waals surface area contributed by atoms with E-state index >= 15 is 0 Å². The zero-order valence-electron chi connectivity index (χ0n) is 51.5. The van der Waals surface area contributed by atoms with Gasteiger partial charge in [-0.3, -0.25) is 9.59 Å². The number of nitrogens with zero attached hydrogens (tertiary/aromatic N) is 1. The van der Waals surface area contributed by atoms with E-state index in [9.17, 15) is 19.5 Å². The number of aliphatic carboxylic acids is 1. The highest BCUT2D eigenvalue weighted by atomic mass is 16.7. The van der Waals surface area contributed by atoms with Crippen LogP contribution in [-0.4, -0.2) is 87.4 Å². The van der Waals surface area contributed by atoms with Gasteiger partial charge < -0.3 is 28.5 Å². The monoisotopic (exact) mass is 1080 g/mol. The predicted octanol–water partition coefficient (Wildman–Crippen LogP) is 20.1. The normalized spacial score (nSPS) is 12.7. The number of rotatable bonds is 63. The smallest absolute Gasteiger partial charge is 0.361 e. The van der Waals surface area contributed by atoms with E-state index in [2.05, 4.69) is 26.0 Å². The summed E-state index contributed by atoms with van der Waals surface area (Å²) in [6.07, 6.45) is 67.5. The standard InChI is InChI=1S/C67H129NO8/c1-6-8-10-12-14-16-18-20-22-24-26-27-28-29-30-31-32-33-34-35-36-37-38-40-41-43-45-47-49-51-53-55-57-64(69)74-61-63(62-75-67(66(71)72)73-60-59-68(3,4)5)76-65(70)58-56-54-52-50-48-46-44-42-39-25-23-21-19-17-15-13-11-9-7-2/h21,23,63,67H,6-20,22,24-62H2,1-5H3/p+1/b23-21-. The van der Waals surface area contributed by atoms with E-state index in [1.165, 1.54) is 276 Å². The molecule has 0 aromatic carbocycles. The van der Waals surface area contributed by atoms with Gasteiger partial charge in [0, 0.05) is 12.8 Å². The fraction of sp³-hybridized carbons (Fsp3) is 0.925. The van der Waals surface area contributed by atoms with E-state index in [1.54, 1.807) is 0 Å². The largest absolute Gasteiger partial charge is 0.477 e. The van der Waals surface area contributed by atoms with Gasteiger partial charge in [0.1, 0.15) is 13.2 Å². The lowest BCUT2D eigenvalue weighted by molar-refractivity contribution is -0.870. The molecule has 0 spiro atoms. The molecule has 0 radical (unpaired) electrons. The Hall–Kier alpha value is -1.97. The van der Waals surface area contributed by atoms with Crippen LogP contribution in [0.5, 0.6) is 0 Å². The van der Waals surface area contributed by atoms with Crippen LogP contribution in [0.3, 0.4) is 0 Å². The van der Waals surface area contributed by atoms with Crippen molar-refractivity contribution < 1.29 is 42.9 Å². The van der Waals surface area contributed by atoms with E-state index in [4.69, 9.17) is 18.9 Å². The van der Waals surface area contributed by atoms with Crippen LogP contribution in [0.2, 0.25) is 0 Å². The Balaban J connectivity index is 4.03. The van der Waals surface area contributed by atoms with Gasteiger partial charge in [0.15, 0.2) is 6.10 Å². The van der Waals surface area contributed by atoms with Gasteiger partial charge in [0.05, 0.1) is 34.4 Å². The van der Waals surface area contributed by atoms with E-state index in [0.717, 1.165) is 38.5 Å². The number of allylic oxidation sites excluding steroid dienone is 2. The van der Waals surface area contributed by atoms with Crippen molar-refractivity contribution in [1.82, 2.24) is 0 Å². The quantitative estimate of drug-likeness (QED) is 0.0211. The molecule has 9 nitrogen and oxygen atoms in total. The number of carboxylic acids is 1. The molecule has 0 aromatic rings. The minimum Gasteiger partial charge on any atom is -0.477 e. The second kappa shape index (κ2) is 59.2. The van der Waals surface area contributed by atoms with Crippen molar-refractivity contribution in [3.63, 3.8) is 0 Å². The van der Waals surface area contributed by atoms with Gasteiger partial charge in [-0.2, -0.15) is 0 Å². The average molecular weight is 1080 g/mol. The molecule has 1 N–H and O–H groups in total. The summed E-state index contributed by atoms with van der Waals surface area (Å²) >= 11 is 0. The lowest BCUT2D eigenvalue weighted by Crippen LogP contribution is -2.40. The first-order valence-corrected chi connectivity index (χ1v) is 33.4. The second-order valence-electron chi connectivity index (χ2n) is 24.1. The molecule has 0 saturated heterocycles. The van der Waals surface area contributed by atoms with Crippen LogP contribution in [0.15, 0.2) is 12.2 Å². The number of unbranched alkanes of at least 4 members (excludes halogenated alkanes) is 46. The van der Waals surface area contributed by atoms with Crippen LogP contribution in [0, 0.1) is 0 Å². The molecule has 0 aliphatic rings. The summed E-state index contributed by atoms with van der Waals surface area (Å²) in [7, 11) is 5.99. The van der Waals surface area contributed by atoms with Gasteiger partial charge in [0.2, 0.25) is 0 Å². The van der Waals surface area contributed by atoms with Gasteiger partial charge in [-0.05, 0) is 38.5 Å². The van der Waals surface area contributed by atoms with Crippen molar-refractivity contribution >= 4 is 17.9 Å². The van der Waals surface area contributed by atoms with Crippen LogP contribution < -0.4 is 0 Å². The molecule has 0 aliphatic heterocycles. The maximum atomic E-state index is 12.9. The van der Waals surface area contributed by atoms with Crippen molar-refractivity contribution in [2.75, 3.05) is 47.5 Å². The van der Waals surface area contributed by atoms with E-state index in [-0.39, 0.29) is 38.2 Å². The summed E-state index contributed by atoms with van der Waals surface area (Å²) in [6.45, 7) is 4.94. The molecule has 0 rings (SSSR count). The minimum absolute atomic E-state index is 0.176. The lowest BCUT2D eigenvalue weighted by atomic mass is 10.0. The Labute approximate surface area is 472 Å². The summed E-state index contributed by atoms with van der Waals surface area (Å²) in [5, 5.41) is 9.72. The first-order valence-electron chi connectivity index (χ1n) is 33.4. The number of carbonyl (C=O) groups is 3. The van der Waals surface area contributed by atoms with Crippen molar-refractivity contribution in [2.24, 2.45) is 0 Å². The van der Waals surface area contributed by atoms with E-state index in [1.807, 2.05) is 21.1 Å². The number of hydrogen-bond acceptors (Lipinski definition) is 7. The number of carbonyl (C=O) groups excluding carboxylic acids is 2. The molecule has 2 atom stereocenters. The minimum atomic E-state index is -1.51. The molecule has 450 valence electrons. The summed E-state index contributed by atoms with van der Waals surface area (Å²) in [5.41, 5.74) is 0. The molecule has 76 heavy (non-hydrogen) atoms. The Kier molecular flexibility index (Phi) is 57.6. The second-order valence-corrected chi connectivity index (χ2v) is 24.1. The summed E-state index contributed by atoms with van der Waals surface area (Å²) < 4.78 is 23.0. The average Bonchev–Trinajstić information content (AvgIpc) is 3.39. The number of likely N-dealkylation sites (N-methyl/N-ethyl adjacent to an activating group) is 1. The fourth-order valence-electron chi connectivity index (χ4n) is 10.1. The van der Waals surface area contributed by atoms with E-state index < -0.39 is 18.4 Å². The van der Waals surface area contributed by atoms with Crippen molar-refractivity contribution in [2.45, 2.75) is 354 Å². The molecule has 0 fully saturated rings. The molecule has 2 unspecified atom stereocenters. The van der Waals surface area contributed by atoms with Crippen LogP contribution in [0.4, 0.5) is 0 Å². The predicted molar refractivity (Wildman–Crippen MR) is 323 cm³/mol. The highest BCUT2D eigenvalue weighted by Gasteiger charge is 2.25. The highest BCUT2D eigenvalue weighted by molar-refractivity contribution is 5.71. The first-order chi connectivity index (χ1) is 37.1. The van der Waals surface area contributed by atoms with Crippen LogP contribution in [0.25, 0.3) is 0 Å². The lowest BCUT2D eigenvalue weighted by Gasteiger charge is -2.25. The van der Waals surface area contributed by atoms with Crippen molar-refractivity contribution in [1.29, 1.82) is 0 Å². The molecule has 0 aliphatic carbocycles. The number of esters is 2. The topological polar surface area (TPSA) is 108 Å². The van der Waals surface area contributed by atoms with Crippen LogP contribution in [-0.2, 0) is 33.3 Å². The first kappa shape index (κ1) is 74.0. The molecule has 0 bridgehead atoms. The summed E-state index contributed by atoms with van der Waals surface area (Å²) in [5.74, 6) is -1.98. The van der Waals surface area contributed by atoms with Crippen molar-refractivity contribution in [3.05, 3.63) is 12.2 Å². The third-order valence-electron chi connectivity index (χ3n) is 15.3. The molecular formula is C67H130NO8+. The summed E-state index contributed by atoms with van der Waals surface area (Å²) in [4.78, 5) is 37.5. The zero-order valence-corrected chi connectivity index (χ0v) is 51.5. The molecule has 0 amide bonds. The Morgan fingerprint density at radius 3 is 0.974 bits per heavy atom. The van der Waals surface area contributed by atoms with Gasteiger partial charge in [-0.1, -0.05) is 302 Å². The van der Waals surface area contributed by atoms with Gasteiger partial charge in [-0.25, -0.2) is 4.79 Å². The van der Waals surface area contributed by atoms with Gasteiger partial charge in [0.25, 0.3) is 6.29 Å². The Morgan fingerprint density at radius 1 is 0.382 bits per heavy atom. The van der Waals surface area contributed by atoms with Crippen LogP contribution >= 0.6 is 0 Å². The van der Waals surface area contributed by atoms with Crippen molar-refractivity contribution in [3.8, 4) is 0 Å². The Morgan fingerprint density at radius 2 is 0.671 bits per heavy atom. The molecule has 0 saturated carbocycles. The number of carboxylic acid groups (broad SMARTS) is 1. The molecule has 0 heterocycles. The fourth-order valence-corrected chi connectivity index (χ4v) is 10.1. The number of ether oxygens (including phenoxy) is 4. The summed E-state index contributed by atoms with van der Waals surface area (Å²) in [6, 6.07) is 0. The zero-order chi connectivity index (χ0) is 55.5. The SMILES string of the molecule is CCCCCCCC/C=C\CCCCCCCCCCCC(=O)OC(COC(=O)CCCCCCCCCCCCCCCCCCCCCCCCCCCCCCCCCC)COC(OCC[N+](C)(C)C)C(=O)O. The maximum Gasteiger partial charge on any atom is 0.361 e. The van der Waals surface area contributed by atoms with Crippen LogP contribution in [0.1, 0.15) is 341 Å². The third-order valence-corrected chi connectivity index (χ3v) is 15.3. The highest BCUT2D eigenvalue weighted by Crippen LogP contribution is 2.19. The van der Waals surface area contributed by atoms with Gasteiger partial charge >= 0.3 is 17.9 Å². The Bertz CT molecular complexity index is 1250. The molecular weight excluding hydrogens is 947 g/mol. The third kappa shape index (κ3) is 59.7. The number of hydrogen-bond donors (Lipinski definition) is 1. The number of quaternary nitrogens is 1.